The third kappa shape index (κ3) is 5.39. The van der Waals surface area contributed by atoms with Gasteiger partial charge in [0, 0.05) is 20.2 Å². The summed E-state index contributed by atoms with van der Waals surface area (Å²) in [6, 6.07) is 5.98. The molecule has 0 aliphatic carbocycles. The molecule has 0 unspecified atom stereocenters. The van der Waals surface area contributed by atoms with Gasteiger partial charge in [0.15, 0.2) is 5.69 Å². The molecular weight excluding hydrogens is 420 g/mol. The first-order chi connectivity index (χ1) is 11.5. The summed E-state index contributed by atoms with van der Waals surface area (Å²) in [4.78, 5) is 0. The van der Waals surface area contributed by atoms with Gasteiger partial charge in [0.1, 0.15) is 18.2 Å². The van der Waals surface area contributed by atoms with Crippen LogP contribution in [-0.4, -0.2) is 24.5 Å². The van der Waals surface area contributed by atoms with Gasteiger partial charge in [-0.15, -0.1) is 0 Å². The first-order valence-corrected chi connectivity index (χ1v) is 12.2. The monoisotopic (exact) mass is 438 g/mol. The molecule has 0 aliphatic heterocycles. The molecule has 2 aromatic rings. The molecule has 9 heteroatoms. The van der Waals surface area contributed by atoms with E-state index in [1.165, 1.54) is 24.3 Å². The highest BCUT2D eigenvalue weighted by atomic mass is 79.9. The second kappa shape index (κ2) is 7.59. The van der Waals surface area contributed by atoms with Crippen molar-refractivity contribution in [2.45, 2.75) is 38.6 Å². The molecule has 0 spiro atoms. The van der Waals surface area contributed by atoms with E-state index in [-0.39, 0.29) is 16.9 Å². The minimum atomic E-state index is -4.59. The van der Waals surface area contributed by atoms with E-state index in [2.05, 4.69) is 40.7 Å². The number of halogens is 5. The highest BCUT2D eigenvalue weighted by Crippen LogP contribution is 2.40. The van der Waals surface area contributed by atoms with Gasteiger partial charge in [0.05, 0.1) is 4.47 Å². The van der Waals surface area contributed by atoms with Crippen molar-refractivity contribution in [3.05, 3.63) is 40.2 Å². The normalized spacial score (nSPS) is 12.6. The Balaban J connectivity index is 2.29. The molecule has 0 saturated heterocycles. The lowest BCUT2D eigenvalue weighted by atomic mass is 10.1. The Morgan fingerprint density at radius 1 is 1.16 bits per heavy atom. The standard InChI is InChI=1S/C16H19BrF4N2OSi/c1-25(2,3)9-8-24-10-23-15(16(19,20)21)13(17)14(22-23)11-4-6-12(18)7-5-11/h4-7H,8-10H2,1-3H3. The third-order valence-corrected chi connectivity index (χ3v) is 5.95. The molecule has 1 aromatic carbocycles. The van der Waals surface area contributed by atoms with Gasteiger partial charge >= 0.3 is 6.18 Å². The Bertz CT molecular complexity index is 723. The summed E-state index contributed by atoms with van der Waals surface area (Å²) < 4.78 is 59.3. The number of benzene rings is 1. The van der Waals surface area contributed by atoms with Crippen LogP contribution < -0.4 is 0 Å². The van der Waals surface area contributed by atoms with E-state index in [0.717, 1.165) is 10.7 Å². The van der Waals surface area contributed by atoms with Crippen LogP contribution >= 0.6 is 15.9 Å². The van der Waals surface area contributed by atoms with Crippen LogP contribution in [0.25, 0.3) is 11.3 Å². The lowest BCUT2D eigenvalue weighted by molar-refractivity contribution is -0.147. The molecule has 2 rings (SSSR count). The van der Waals surface area contributed by atoms with Gasteiger partial charge in [-0.05, 0) is 46.2 Å². The maximum absolute atomic E-state index is 13.4. The van der Waals surface area contributed by atoms with Gasteiger partial charge in [-0.1, -0.05) is 19.6 Å². The molecule has 0 radical (unpaired) electrons. The van der Waals surface area contributed by atoms with Gasteiger partial charge in [0.25, 0.3) is 0 Å². The van der Waals surface area contributed by atoms with Crippen molar-refractivity contribution >= 4 is 24.0 Å². The van der Waals surface area contributed by atoms with Crippen LogP contribution in [0.2, 0.25) is 25.7 Å². The third-order valence-electron chi connectivity index (χ3n) is 3.49. The second-order valence-corrected chi connectivity index (χ2v) is 13.3. The first-order valence-electron chi connectivity index (χ1n) is 7.66. The predicted molar refractivity (Wildman–Crippen MR) is 94.4 cm³/mol. The van der Waals surface area contributed by atoms with Crippen molar-refractivity contribution in [3.8, 4) is 11.3 Å². The summed E-state index contributed by atoms with van der Waals surface area (Å²) in [6.07, 6.45) is -4.59. The highest BCUT2D eigenvalue weighted by molar-refractivity contribution is 9.10. The van der Waals surface area contributed by atoms with Crippen LogP contribution in [0.5, 0.6) is 0 Å². The lowest BCUT2D eigenvalue weighted by Crippen LogP contribution is -2.23. The number of aromatic nitrogens is 2. The molecule has 0 fully saturated rings. The Kier molecular flexibility index (Phi) is 6.11. The van der Waals surface area contributed by atoms with E-state index in [1.807, 2.05) is 0 Å². The molecule has 1 aromatic heterocycles. The fourth-order valence-electron chi connectivity index (χ4n) is 2.13. The summed E-state index contributed by atoms with van der Waals surface area (Å²) in [5.41, 5.74) is -0.430. The summed E-state index contributed by atoms with van der Waals surface area (Å²) in [5.74, 6) is -0.468. The topological polar surface area (TPSA) is 27.1 Å². The van der Waals surface area contributed by atoms with Crippen molar-refractivity contribution in [1.82, 2.24) is 9.78 Å². The summed E-state index contributed by atoms with van der Waals surface area (Å²) in [7, 11) is -1.33. The van der Waals surface area contributed by atoms with E-state index < -0.39 is 25.8 Å². The largest absolute Gasteiger partial charge is 0.434 e. The van der Waals surface area contributed by atoms with Crippen molar-refractivity contribution in [1.29, 1.82) is 0 Å². The van der Waals surface area contributed by atoms with Crippen LogP contribution in [0.15, 0.2) is 28.7 Å². The van der Waals surface area contributed by atoms with Gasteiger partial charge < -0.3 is 4.74 Å². The number of alkyl halides is 3. The van der Waals surface area contributed by atoms with E-state index in [1.54, 1.807) is 0 Å². The van der Waals surface area contributed by atoms with E-state index in [0.29, 0.717) is 12.2 Å². The molecular formula is C16H19BrF4N2OSi. The molecule has 3 nitrogen and oxygen atoms in total. The maximum Gasteiger partial charge on any atom is 0.434 e. The van der Waals surface area contributed by atoms with Crippen molar-refractivity contribution in [2.24, 2.45) is 0 Å². The average molecular weight is 439 g/mol. The molecule has 0 bridgehead atoms. The van der Waals surface area contributed by atoms with Crippen molar-refractivity contribution in [3.63, 3.8) is 0 Å². The SMILES string of the molecule is C[Si](C)(C)CCOCn1nc(-c2ccc(F)cc2)c(Br)c1C(F)(F)F. The zero-order chi connectivity index (χ0) is 18.8. The molecule has 0 saturated carbocycles. The smallest absolute Gasteiger partial charge is 0.360 e. The van der Waals surface area contributed by atoms with Gasteiger partial charge in [-0.2, -0.15) is 18.3 Å². The van der Waals surface area contributed by atoms with Crippen LogP contribution in [0.4, 0.5) is 17.6 Å². The Labute approximate surface area is 153 Å². The minimum absolute atomic E-state index is 0.0983. The predicted octanol–water partition coefficient (Wildman–Crippen LogP) is 5.78. The molecule has 25 heavy (non-hydrogen) atoms. The fourth-order valence-corrected chi connectivity index (χ4v) is 3.62. The van der Waals surface area contributed by atoms with Gasteiger partial charge in [-0.3, -0.25) is 0 Å². The number of rotatable bonds is 6. The minimum Gasteiger partial charge on any atom is -0.360 e. The zero-order valence-corrected chi connectivity index (χ0v) is 16.7. The molecule has 0 aliphatic rings. The molecule has 1 heterocycles. The number of hydrogen-bond donors (Lipinski definition) is 0. The first kappa shape index (κ1) is 20.1. The zero-order valence-electron chi connectivity index (χ0n) is 14.1. The van der Waals surface area contributed by atoms with E-state index in [4.69, 9.17) is 4.74 Å². The quantitative estimate of drug-likeness (QED) is 0.324. The molecule has 0 amide bonds. The average Bonchev–Trinajstić information content (AvgIpc) is 2.80. The van der Waals surface area contributed by atoms with Gasteiger partial charge in [0.2, 0.25) is 0 Å². The van der Waals surface area contributed by atoms with Crippen LogP contribution in [-0.2, 0) is 17.6 Å². The van der Waals surface area contributed by atoms with Gasteiger partial charge in [-0.25, -0.2) is 9.07 Å². The second-order valence-electron chi connectivity index (χ2n) is 6.86. The Hall–Kier alpha value is -1.19. The summed E-state index contributed by atoms with van der Waals surface area (Å²) in [6.45, 7) is 6.58. The van der Waals surface area contributed by atoms with E-state index in [9.17, 15) is 17.6 Å². The Morgan fingerprint density at radius 2 is 1.76 bits per heavy atom. The molecule has 0 N–H and O–H groups in total. The van der Waals surface area contributed by atoms with Crippen molar-refractivity contribution < 1.29 is 22.3 Å². The fraction of sp³-hybridized carbons (Fsp3) is 0.438. The van der Waals surface area contributed by atoms with Crippen LogP contribution in [0, 0.1) is 5.82 Å². The van der Waals surface area contributed by atoms with Crippen molar-refractivity contribution in [2.75, 3.05) is 6.61 Å². The van der Waals surface area contributed by atoms with E-state index >= 15 is 0 Å². The number of hydrogen-bond acceptors (Lipinski definition) is 2. The molecule has 0 atom stereocenters. The summed E-state index contributed by atoms with van der Waals surface area (Å²) >= 11 is 2.99. The number of ether oxygens (including phenoxy) is 1. The number of nitrogens with zero attached hydrogens (tertiary/aromatic N) is 2. The molecule has 138 valence electrons. The lowest BCUT2D eigenvalue weighted by Gasteiger charge is -2.16. The van der Waals surface area contributed by atoms with Crippen LogP contribution in [0.1, 0.15) is 5.69 Å². The highest BCUT2D eigenvalue weighted by Gasteiger charge is 2.39. The van der Waals surface area contributed by atoms with Crippen LogP contribution in [0.3, 0.4) is 0 Å². The Morgan fingerprint density at radius 3 is 2.28 bits per heavy atom. The summed E-state index contributed by atoms with van der Waals surface area (Å²) in [5, 5.41) is 4.02. The maximum atomic E-state index is 13.4.